The number of hydrogen-bond donors (Lipinski definition) is 2. The molecule has 0 radical (unpaired) electrons. The molecule has 3 rings (SSSR count). The smallest absolute Gasteiger partial charge is 0.287 e. The highest BCUT2D eigenvalue weighted by Gasteiger charge is 2.28. The molecular formula is C22H26N2O5. The van der Waals surface area contributed by atoms with Gasteiger partial charge in [0.1, 0.15) is 18.2 Å². The lowest BCUT2D eigenvalue weighted by atomic mass is 10.0. The first-order valence-electron chi connectivity index (χ1n) is 9.79. The van der Waals surface area contributed by atoms with Gasteiger partial charge in [0.25, 0.3) is 5.91 Å². The Kier molecular flexibility index (Phi) is 6.82. The van der Waals surface area contributed by atoms with Gasteiger partial charge in [-0.1, -0.05) is 44.2 Å². The Balaban J connectivity index is 1.71. The van der Waals surface area contributed by atoms with Crippen molar-refractivity contribution in [1.29, 1.82) is 0 Å². The second-order valence-electron chi connectivity index (χ2n) is 7.55. The van der Waals surface area contributed by atoms with E-state index in [9.17, 15) is 14.4 Å². The Hall–Kier alpha value is -2.93. The van der Waals surface area contributed by atoms with Crippen molar-refractivity contribution in [3.63, 3.8) is 0 Å². The highest BCUT2D eigenvalue weighted by molar-refractivity contribution is 5.99. The normalized spacial score (nSPS) is 19.4. The molecule has 7 heteroatoms. The fraction of sp³-hybridized carbons (Fsp3) is 0.409. The van der Waals surface area contributed by atoms with Crippen molar-refractivity contribution in [2.75, 3.05) is 13.2 Å². The molecule has 0 spiro atoms. The van der Waals surface area contributed by atoms with Crippen LogP contribution in [0.2, 0.25) is 0 Å². The second-order valence-corrected chi connectivity index (χ2v) is 7.55. The van der Waals surface area contributed by atoms with Gasteiger partial charge in [-0.25, -0.2) is 0 Å². The molecule has 0 aliphatic carbocycles. The minimum Gasteiger partial charge on any atom is -0.451 e. The van der Waals surface area contributed by atoms with Crippen LogP contribution in [0.1, 0.15) is 37.2 Å². The van der Waals surface area contributed by atoms with Gasteiger partial charge in [-0.2, -0.15) is 0 Å². The number of amides is 2. The minimum absolute atomic E-state index is 0.0462. The average Bonchev–Trinajstić information content (AvgIpc) is 3.11. The zero-order valence-corrected chi connectivity index (χ0v) is 16.6. The van der Waals surface area contributed by atoms with E-state index in [-0.39, 0.29) is 24.1 Å². The number of Topliss-reactive ketones (excluding diaryl/α,β-unsaturated/α-hetero) is 1. The van der Waals surface area contributed by atoms with Crippen molar-refractivity contribution in [3.8, 4) is 0 Å². The number of fused-ring (bicyclic) bond motifs is 1. The minimum atomic E-state index is -0.779. The lowest BCUT2D eigenvalue weighted by Gasteiger charge is -2.23. The Morgan fingerprint density at radius 3 is 2.76 bits per heavy atom. The van der Waals surface area contributed by atoms with E-state index in [0.717, 1.165) is 5.39 Å². The van der Waals surface area contributed by atoms with Crippen molar-refractivity contribution >= 4 is 28.6 Å². The highest BCUT2D eigenvalue weighted by Crippen LogP contribution is 2.19. The van der Waals surface area contributed by atoms with Crippen molar-refractivity contribution in [3.05, 3.63) is 48.2 Å². The molecule has 1 aliphatic heterocycles. The summed E-state index contributed by atoms with van der Waals surface area (Å²) in [4.78, 5) is 37.8. The predicted molar refractivity (Wildman–Crippen MR) is 108 cm³/mol. The molecule has 2 amide bonds. The number of carbonyl (C=O) groups excluding carboxylic acids is 3. The van der Waals surface area contributed by atoms with E-state index in [4.69, 9.17) is 9.15 Å². The number of rotatable bonds is 6. The van der Waals surface area contributed by atoms with E-state index in [1.165, 1.54) is 0 Å². The van der Waals surface area contributed by atoms with Crippen LogP contribution in [0.4, 0.5) is 0 Å². The molecule has 0 fully saturated rings. The largest absolute Gasteiger partial charge is 0.451 e. The van der Waals surface area contributed by atoms with E-state index < -0.39 is 23.9 Å². The first kappa shape index (κ1) is 20.8. The van der Waals surface area contributed by atoms with Crippen LogP contribution in [0, 0.1) is 5.92 Å². The molecule has 0 saturated heterocycles. The number of hydrogen-bond acceptors (Lipinski definition) is 5. The molecule has 154 valence electrons. The molecule has 1 aromatic heterocycles. The van der Waals surface area contributed by atoms with E-state index in [1.807, 2.05) is 44.2 Å². The van der Waals surface area contributed by atoms with Crippen LogP contribution in [0.25, 0.3) is 11.0 Å². The Bertz CT molecular complexity index is 882. The number of carbonyl (C=O) groups is 3. The first-order chi connectivity index (χ1) is 13.9. The molecule has 0 saturated carbocycles. The van der Waals surface area contributed by atoms with Crippen LogP contribution in [0.3, 0.4) is 0 Å². The van der Waals surface area contributed by atoms with E-state index in [0.29, 0.717) is 25.0 Å². The summed E-state index contributed by atoms with van der Waals surface area (Å²) in [7, 11) is 0. The summed E-state index contributed by atoms with van der Waals surface area (Å²) >= 11 is 0. The van der Waals surface area contributed by atoms with Crippen LogP contribution in [-0.4, -0.2) is 42.9 Å². The topological polar surface area (TPSA) is 97.6 Å². The maximum absolute atomic E-state index is 12.9. The van der Waals surface area contributed by atoms with Crippen LogP contribution in [0.15, 0.2) is 46.9 Å². The number of ether oxygens (including phenoxy) is 1. The van der Waals surface area contributed by atoms with E-state index in [2.05, 4.69) is 10.6 Å². The molecule has 0 bridgehead atoms. The molecule has 2 heterocycles. The molecule has 2 N–H and O–H groups in total. The molecule has 7 nitrogen and oxygen atoms in total. The average molecular weight is 398 g/mol. The Morgan fingerprint density at radius 2 is 2.00 bits per heavy atom. The third-order valence-corrected chi connectivity index (χ3v) is 4.68. The van der Waals surface area contributed by atoms with Gasteiger partial charge in [-0.3, -0.25) is 14.4 Å². The molecule has 1 aliphatic rings. The maximum Gasteiger partial charge on any atom is 0.287 e. The lowest BCUT2D eigenvalue weighted by molar-refractivity contribution is -0.131. The van der Waals surface area contributed by atoms with Gasteiger partial charge in [0, 0.05) is 5.39 Å². The van der Waals surface area contributed by atoms with E-state index >= 15 is 0 Å². The van der Waals surface area contributed by atoms with Crippen LogP contribution < -0.4 is 10.6 Å². The fourth-order valence-electron chi connectivity index (χ4n) is 3.20. The number of ketones is 1. The monoisotopic (exact) mass is 398 g/mol. The third-order valence-electron chi connectivity index (χ3n) is 4.68. The Morgan fingerprint density at radius 1 is 1.21 bits per heavy atom. The van der Waals surface area contributed by atoms with Gasteiger partial charge in [0.2, 0.25) is 5.91 Å². The van der Waals surface area contributed by atoms with Crippen molar-refractivity contribution < 1.29 is 23.5 Å². The zero-order valence-electron chi connectivity index (χ0n) is 16.6. The highest BCUT2D eigenvalue weighted by atomic mass is 16.5. The summed E-state index contributed by atoms with van der Waals surface area (Å²) < 4.78 is 10.8. The van der Waals surface area contributed by atoms with Crippen molar-refractivity contribution in [2.45, 2.75) is 38.8 Å². The second kappa shape index (κ2) is 9.52. The molecule has 2 aromatic rings. The van der Waals surface area contributed by atoms with Crippen LogP contribution in [-0.2, 0) is 14.3 Å². The van der Waals surface area contributed by atoms with Gasteiger partial charge in [0.15, 0.2) is 11.5 Å². The van der Waals surface area contributed by atoms with Gasteiger partial charge in [0.05, 0.1) is 12.6 Å². The molecule has 2 atom stereocenters. The number of furan rings is 1. The lowest BCUT2D eigenvalue weighted by Crippen LogP contribution is -2.52. The molecule has 1 aromatic carbocycles. The quantitative estimate of drug-likeness (QED) is 0.729. The van der Waals surface area contributed by atoms with Gasteiger partial charge < -0.3 is 19.8 Å². The number of para-hydroxylation sites is 1. The van der Waals surface area contributed by atoms with Crippen LogP contribution >= 0.6 is 0 Å². The third kappa shape index (κ3) is 5.54. The summed E-state index contributed by atoms with van der Waals surface area (Å²) in [5.41, 5.74) is 0.606. The van der Waals surface area contributed by atoms with Crippen LogP contribution in [0.5, 0.6) is 0 Å². The van der Waals surface area contributed by atoms with Gasteiger partial charge in [-0.05, 0) is 30.9 Å². The Labute approximate surface area is 169 Å². The SMILES string of the molecule is CC(C)C[C@H](NC(=O)c1cc2ccccc2o1)C(=O)N[C@H]1C/C=C\COCC1=O. The molecule has 29 heavy (non-hydrogen) atoms. The first-order valence-corrected chi connectivity index (χ1v) is 9.79. The zero-order chi connectivity index (χ0) is 20.8. The van der Waals surface area contributed by atoms with Crippen molar-refractivity contribution in [2.24, 2.45) is 5.92 Å². The summed E-state index contributed by atoms with van der Waals surface area (Å²) in [6, 6.07) is 7.51. The maximum atomic E-state index is 12.9. The van der Waals surface area contributed by atoms with Gasteiger partial charge >= 0.3 is 0 Å². The predicted octanol–water partition coefficient (Wildman–Crippen LogP) is 2.61. The number of benzene rings is 1. The standard InChI is InChI=1S/C22H26N2O5/c1-14(2)11-17(21(26)23-16-8-5-6-10-28-13-18(16)25)24-22(27)20-12-15-7-3-4-9-19(15)29-20/h3-7,9,12,14,16-17H,8,10-11,13H2,1-2H3,(H,23,26)(H,24,27)/b6-5-/t16-,17-/m0/s1. The summed E-state index contributed by atoms with van der Waals surface area (Å²) in [6.45, 7) is 4.27. The molecular weight excluding hydrogens is 372 g/mol. The van der Waals surface area contributed by atoms with E-state index in [1.54, 1.807) is 12.1 Å². The summed E-state index contributed by atoms with van der Waals surface area (Å²) in [5.74, 6) is -0.733. The summed E-state index contributed by atoms with van der Waals surface area (Å²) in [5, 5.41) is 6.33. The number of nitrogens with one attached hydrogen (secondary N) is 2. The van der Waals surface area contributed by atoms with Gasteiger partial charge in [-0.15, -0.1) is 0 Å². The van der Waals surface area contributed by atoms with Crippen molar-refractivity contribution in [1.82, 2.24) is 10.6 Å². The fourth-order valence-corrected chi connectivity index (χ4v) is 3.20. The summed E-state index contributed by atoms with van der Waals surface area (Å²) in [6.07, 6.45) is 4.47. The molecule has 0 unspecified atom stereocenters.